The lowest BCUT2D eigenvalue weighted by Gasteiger charge is -2.17. The molecule has 1 rings (SSSR count). The number of hydrogen-bond donors (Lipinski definition) is 0. The van der Waals surface area contributed by atoms with Gasteiger partial charge < -0.3 is 4.74 Å². The van der Waals surface area contributed by atoms with Gasteiger partial charge in [0.25, 0.3) is 0 Å². The second kappa shape index (κ2) is 6.71. The molecule has 0 saturated heterocycles. The first kappa shape index (κ1) is 13.3. The molecule has 0 bridgehead atoms. The van der Waals surface area contributed by atoms with Gasteiger partial charge in [-0.2, -0.15) is 0 Å². The Morgan fingerprint density at radius 1 is 1.27 bits per heavy atom. The number of ether oxygens (including phenoxy) is 1. The number of rotatable bonds is 5. The van der Waals surface area contributed by atoms with Crippen LogP contribution < -0.4 is 0 Å². The summed E-state index contributed by atoms with van der Waals surface area (Å²) in [5.74, 6) is 0.572. The summed E-state index contributed by atoms with van der Waals surface area (Å²) >= 11 is 8.19. The zero-order valence-corrected chi connectivity index (χ0v) is 12.0. The Morgan fingerprint density at radius 2 is 1.87 bits per heavy atom. The Labute approximate surface area is 110 Å². The minimum Gasteiger partial charge on any atom is -0.372 e. The quantitative estimate of drug-likeness (QED) is 0.568. The predicted octanol–water partition coefficient (Wildman–Crippen LogP) is 4.49. The van der Waals surface area contributed by atoms with Crippen LogP contribution in [-0.2, 0) is 4.74 Å². The van der Waals surface area contributed by atoms with E-state index in [0.29, 0.717) is 5.92 Å². The van der Waals surface area contributed by atoms with Crippen LogP contribution in [0, 0.1) is 5.92 Å². The van der Waals surface area contributed by atoms with Gasteiger partial charge in [0.2, 0.25) is 0 Å². The van der Waals surface area contributed by atoms with Crippen LogP contribution in [0.1, 0.15) is 25.5 Å². The molecule has 1 atom stereocenters. The van der Waals surface area contributed by atoms with Crippen LogP contribution in [0.15, 0.2) is 24.3 Å². The van der Waals surface area contributed by atoms with E-state index in [1.807, 2.05) is 24.3 Å². The van der Waals surface area contributed by atoms with E-state index in [9.17, 15) is 0 Å². The van der Waals surface area contributed by atoms with Crippen molar-refractivity contribution in [2.24, 2.45) is 5.92 Å². The summed E-state index contributed by atoms with van der Waals surface area (Å²) in [5.41, 5.74) is 1.20. The van der Waals surface area contributed by atoms with Gasteiger partial charge in [0, 0.05) is 16.1 Å². The molecule has 3 heteroatoms. The normalized spacial score (nSPS) is 13.1. The molecule has 0 saturated carbocycles. The van der Waals surface area contributed by atoms with Crippen LogP contribution in [-0.4, -0.2) is 11.0 Å². The second-order valence-corrected chi connectivity index (χ2v) is 5.24. The number of benzene rings is 1. The van der Waals surface area contributed by atoms with Crippen molar-refractivity contribution in [2.75, 3.05) is 11.0 Å². The van der Waals surface area contributed by atoms with Crippen molar-refractivity contribution < 1.29 is 4.74 Å². The van der Waals surface area contributed by atoms with Crippen LogP contribution in [0.5, 0.6) is 0 Å². The first-order chi connectivity index (χ1) is 7.13. The van der Waals surface area contributed by atoms with Gasteiger partial charge in [0.15, 0.2) is 0 Å². The highest BCUT2D eigenvalue weighted by Crippen LogP contribution is 2.22. The van der Waals surface area contributed by atoms with E-state index >= 15 is 0 Å². The van der Waals surface area contributed by atoms with Gasteiger partial charge in [0.1, 0.15) is 0 Å². The zero-order valence-electron chi connectivity index (χ0n) is 9.04. The van der Waals surface area contributed by atoms with E-state index in [1.165, 1.54) is 5.56 Å². The van der Waals surface area contributed by atoms with E-state index in [2.05, 4.69) is 36.4 Å². The largest absolute Gasteiger partial charge is 0.372 e. The smallest absolute Gasteiger partial charge is 0.0914 e. The third-order valence-electron chi connectivity index (χ3n) is 2.01. The van der Waals surface area contributed by atoms with Crippen LogP contribution in [0.25, 0.3) is 0 Å². The average Bonchev–Trinajstić information content (AvgIpc) is 2.21. The third kappa shape index (κ3) is 4.70. The third-order valence-corrected chi connectivity index (χ3v) is 3.06. The molecule has 0 amide bonds. The molecule has 0 aliphatic rings. The fraction of sp³-hybridized carbons (Fsp3) is 0.500. The van der Waals surface area contributed by atoms with Gasteiger partial charge in [-0.25, -0.2) is 0 Å². The highest BCUT2D eigenvalue weighted by Gasteiger charge is 2.10. The maximum Gasteiger partial charge on any atom is 0.0914 e. The Kier molecular flexibility index (Phi) is 5.94. The van der Waals surface area contributed by atoms with Gasteiger partial charge in [-0.05, 0) is 23.6 Å². The lowest BCUT2D eigenvalue weighted by atomic mass is 10.1. The lowest BCUT2D eigenvalue weighted by Crippen LogP contribution is -2.10. The minimum atomic E-state index is 0.185. The van der Waals surface area contributed by atoms with Crippen LogP contribution in [0.3, 0.4) is 0 Å². The van der Waals surface area contributed by atoms with Crippen LogP contribution in [0.2, 0.25) is 5.02 Å². The standard InChI is InChI=1S/C12H16ClIO/c1-9(2)8-15-12(7-14)10-3-5-11(13)6-4-10/h3-6,9,12H,7-8H2,1-2H3. The average molecular weight is 339 g/mol. The Balaban J connectivity index is 2.61. The Bertz CT molecular complexity index is 284. The van der Waals surface area contributed by atoms with Gasteiger partial charge in [-0.1, -0.05) is 60.2 Å². The fourth-order valence-electron chi connectivity index (χ4n) is 1.22. The molecule has 1 aromatic carbocycles. The molecule has 0 aliphatic heterocycles. The summed E-state index contributed by atoms with van der Waals surface area (Å²) in [5, 5.41) is 0.773. The van der Waals surface area contributed by atoms with Gasteiger partial charge in [-0.3, -0.25) is 0 Å². The summed E-state index contributed by atoms with van der Waals surface area (Å²) in [6.07, 6.45) is 0.185. The molecule has 0 N–H and O–H groups in total. The minimum absolute atomic E-state index is 0.185. The molecule has 1 unspecified atom stereocenters. The molecule has 0 heterocycles. The maximum atomic E-state index is 5.84. The van der Waals surface area contributed by atoms with Crippen LogP contribution in [0.4, 0.5) is 0 Å². The van der Waals surface area contributed by atoms with Crippen molar-refractivity contribution in [1.82, 2.24) is 0 Å². The highest BCUT2D eigenvalue weighted by atomic mass is 127. The van der Waals surface area contributed by atoms with Crippen molar-refractivity contribution in [3.8, 4) is 0 Å². The number of halogens is 2. The molecular weight excluding hydrogens is 322 g/mol. The molecule has 0 aromatic heterocycles. The first-order valence-corrected chi connectivity index (χ1v) is 6.97. The summed E-state index contributed by atoms with van der Waals surface area (Å²) in [6.45, 7) is 5.12. The molecule has 0 aliphatic carbocycles. The topological polar surface area (TPSA) is 9.23 Å². The summed E-state index contributed by atoms with van der Waals surface area (Å²) in [6, 6.07) is 7.89. The summed E-state index contributed by atoms with van der Waals surface area (Å²) in [4.78, 5) is 0. The molecule has 0 fully saturated rings. The van der Waals surface area contributed by atoms with Crippen molar-refractivity contribution in [2.45, 2.75) is 20.0 Å². The van der Waals surface area contributed by atoms with Crippen molar-refractivity contribution in [3.05, 3.63) is 34.9 Å². The Hall–Kier alpha value is 0.200. The van der Waals surface area contributed by atoms with E-state index < -0.39 is 0 Å². The van der Waals surface area contributed by atoms with Crippen LogP contribution >= 0.6 is 34.2 Å². The fourth-order valence-corrected chi connectivity index (χ4v) is 2.10. The maximum absolute atomic E-state index is 5.84. The molecule has 1 nitrogen and oxygen atoms in total. The van der Waals surface area contributed by atoms with Crippen molar-refractivity contribution >= 4 is 34.2 Å². The highest BCUT2D eigenvalue weighted by molar-refractivity contribution is 14.1. The number of alkyl halides is 1. The molecule has 15 heavy (non-hydrogen) atoms. The van der Waals surface area contributed by atoms with E-state index in [-0.39, 0.29) is 6.10 Å². The predicted molar refractivity (Wildman–Crippen MR) is 73.9 cm³/mol. The van der Waals surface area contributed by atoms with Crippen molar-refractivity contribution in [3.63, 3.8) is 0 Å². The Morgan fingerprint density at radius 3 is 2.33 bits per heavy atom. The lowest BCUT2D eigenvalue weighted by molar-refractivity contribution is 0.0518. The molecule has 1 aromatic rings. The molecule has 0 spiro atoms. The van der Waals surface area contributed by atoms with E-state index in [1.54, 1.807) is 0 Å². The number of hydrogen-bond acceptors (Lipinski definition) is 1. The SMILES string of the molecule is CC(C)COC(CI)c1ccc(Cl)cc1. The molecule has 0 radical (unpaired) electrons. The van der Waals surface area contributed by atoms with E-state index in [4.69, 9.17) is 16.3 Å². The van der Waals surface area contributed by atoms with E-state index in [0.717, 1.165) is 16.1 Å². The summed E-state index contributed by atoms with van der Waals surface area (Å²) in [7, 11) is 0. The molecule has 84 valence electrons. The van der Waals surface area contributed by atoms with Gasteiger partial charge in [-0.15, -0.1) is 0 Å². The van der Waals surface area contributed by atoms with Gasteiger partial charge >= 0.3 is 0 Å². The monoisotopic (exact) mass is 338 g/mol. The molecular formula is C12H16ClIO. The zero-order chi connectivity index (χ0) is 11.3. The van der Waals surface area contributed by atoms with Gasteiger partial charge in [0.05, 0.1) is 6.10 Å². The second-order valence-electron chi connectivity index (χ2n) is 3.92. The van der Waals surface area contributed by atoms with Crippen molar-refractivity contribution in [1.29, 1.82) is 0 Å². The first-order valence-electron chi connectivity index (χ1n) is 5.06. The summed E-state index contributed by atoms with van der Waals surface area (Å²) < 4.78 is 6.79.